The van der Waals surface area contributed by atoms with Gasteiger partial charge in [-0.05, 0) is 30.3 Å². The number of hydrogen-bond acceptors (Lipinski definition) is 3. The molecule has 2 rings (SSSR count). The maximum Gasteiger partial charge on any atom is 0.185 e. The van der Waals surface area contributed by atoms with Gasteiger partial charge in [0.2, 0.25) is 0 Å². The van der Waals surface area contributed by atoms with Crippen LogP contribution >= 0.6 is 11.6 Å². The Balaban J connectivity index is 2.41. The second-order valence-corrected chi connectivity index (χ2v) is 6.58. The molecule has 0 aromatic heterocycles. The molecule has 0 saturated heterocycles. The zero-order chi connectivity index (χ0) is 14.9. The highest BCUT2D eigenvalue weighted by atomic mass is 35.5. The van der Waals surface area contributed by atoms with Crippen molar-refractivity contribution in [3.63, 3.8) is 0 Å². The lowest BCUT2D eigenvalue weighted by atomic mass is 10.2. The maximum atomic E-state index is 13.6. The second-order valence-electron chi connectivity index (χ2n) is 4.18. The van der Waals surface area contributed by atoms with E-state index < -0.39 is 32.1 Å². The molecular formula is C13H10ClF2NO2S. The molecule has 7 heteroatoms. The van der Waals surface area contributed by atoms with Crippen molar-refractivity contribution in [3.8, 4) is 0 Å². The van der Waals surface area contributed by atoms with Gasteiger partial charge in [-0.15, -0.1) is 0 Å². The Hall–Kier alpha value is -1.66. The third-order valence-corrected chi connectivity index (χ3v) is 4.58. The van der Waals surface area contributed by atoms with Crippen molar-refractivity contribution >= 4 is 27.1 Å². The minimum absolute atomic E-state index is 0.0781. The van der Waals surface area contributed by atoms with Gasteiger partial charge in [-0.25, -0.2) is 17.2 Å². The molecule has 0 saturated carbocycles. The molecule has 0 fully saturated rings. The Morgan fingerprint density at radius 1 is 1.05 bits per heavy atom. The third kappa shape index (κ3) is 3.08. The molecular weight excluding hydrogens is 308 g/mol. The van der Waals surface area contributed by atoms with Crippen LogP contribution in [0.3, 0.4) is 0 Å². The van der Waals surface area contributed by atoms with Gasteiger partial charge in [0, 0.05) is 16.3 Å². The first-order valence-electron chi connectivity index (χ1n) is 5.51. The quantitative estimate of drug-likeness (QED) is 0.884. The van der Waals surface area contributed by atoms with E-state index in [2.05, 4.69) is 0 Å². The van der Waals surface area contributed by atoms with E-state index in [-0.39, 0.29) is 16.3 Å². The van der Waals surface area contributed by atoms with E-state index in [0.29, 0.717) is 0 Å². The normalized spacial score (nSPS) is 11.6. The van der Waals surface area contributed by atoms with Crippen molar-refractivity contribution < 1.29 is 17.2 Å². The minimum Gasteiger partial charge on any atom is -0.399 e. The first-order valence-corrected chi connectivity index (χ1v) is 7.54. The van der Waals surface area contributed by atoms with Gasteiger partial charge in [-0.2, -0.15) is 0 Å². The molecule has 0 radical (unpaired) electrons. The lowest BCUT2D eigenvalue weighted by Gasteiger charge is -2.07. The Kier molecular flexibility index (Phi) is 3.96. The third-order valence-electron chi connectivity index (χ3n) is 2.65. The summed E-state index contributed by atoms with van der Waals surface area (Å²) in [6.07, 6.45) is 0. The predicted octanol–water partition coefficient (Wildman–Crippen LogP) is 3.17. The molecule has 0 bridgehead atoms. The van der Waals surface area contributed by atoms with Crippen molar-refractivity contribution in [2.45, 2.75) is 10.6 Å². The summed E-state index contributed by atoms with van der Waals surface area (Å²) in [5, 5.41) is 0.155. The molecule has 0 spiro atoms. The highest BCUT2D eigenvalue weighted by molar-refractivity contribution is 7.90. The van der Waals surface area contributed by atoms with Crippen LogP contribution in [-0.2, 0) is 15.6 Å². The summed E-state index contributed by atoms with van der Waals surface area (Å²) in [5.41, 5.74) is 5.39. The van der Waals surface area contributed by atoms with Crippen LogP contribution in [0.15, 0.2) is 41.3 Å². The summed E-state index contributed by atoms with van der Waals surface area (Å²) >= 11 is 5.58. The number of halogens is 3. The first kappa shape index (κ1) is 14.7. The average molecular weight is 318 g/mol. The monoisotopic (exact) mass is 317 g/mol. The largest absolute Gasteiger partial charge is 0.399 e. The van der Waals surface area contributed by atoms with Crippen LogP contribution in [0, 0.1) is 11.6 Å². The zero-order valence-corrected chi connectivity index (χ0v) is 11.7. The van der Waals surface area contributed by atoms with Crippen LogP contribution in [-0.4, -0.2) is 8.42 Å². The van der Waals surface area contributed by atoms with Crippen molar-refractivity contribution in [3.05, 3.63) is 58.6 Å². The SMILES string of the molecule is Nc1ccc(S(=O)(=O)Cc2ccc(Cl)cc2F)c(F)c1. The first-order chi connectivity index (χ1) is 9.29. The van der Waals surface area contributed by atoms with Crippen LogP contribution < -0.4 is 5.73 Å². The van der Waals surface area contributed by atoms with Crippen LogP contribution in [0.5, 0.6) is 0 Å². The number of benzene rings is 2. The maximum absolute atomic E-state index is 13.6. The molecule has 2 aromatic carbocycles. The van der Waals surface area contributed by atoms with Crippen LogP contribution in [0.2, 0.25) is 5.02 Å². The van der Waals surface area contributed by atoms with E-state index in [9.17, 15) is 17.2 Å². The van der Waals surface area contributed by atoms with Gasteiger partial charge >= 0.3 is 0 Å². The lowest BCUT2D eigenvalue weighted by molar-refractivity contribution is 0.563. The summed E-state index contributed by atoms with van der Waals surface area (Å²) in [6, 6.07) is 6.87. The van der Waals surface area contributed by atoms with Gasteiger partial charge < -0.3 is 5.73 Å². The fraction of sp³-hybridized carbons (Fsp3) is 0.0769. The van der Waals surface area contributed by atoms with Gasteiger partial charge in [-0.1, -0.05) is 17.7 Å². The van der Waals surface area contributed by atoms with E-state index in [1.54, 1.807) is 0 Å². The van der Waals surface area contributed by atoms with Crippen LogP contribution in [0.1, 0.15) is 5.56 Å². The molecule has 2 aromatic rings. The molecule has 0 aliphatic carbocycles. The van der Waals surface area contributed by atoms with Gasteiger partial charge in [0.05, 0.1) is 5.75 Å². The summed E-state index contributed by atoms with van der Waals surface area (Å²) < 4.78 is 51.4. The van der Waals surface area contributed by atoms with E-state index >= 15 is 0 Å². The average Bonchev–Trinajstić information content (AvgIpc) is 2.32. The molecule has 0 unspecified atom stereocenters. The Bertz CT molecular complexity index is 763. The number of rotatable bonds is 3. The van der Waals surface area contributed by atoms with E-state index in [1.165, 1.54) is 18.2 Å². The molecule has 0 aliphatic rings. The topological polar surface area (TPSA) is 60.2 Å². The van der Waals surface area contributed by atoms with Crippen LogP contribution in [0.25, 0.3) is 0 Å². The Morgan fingerprint density at radius 3 is 2.35 bits per heavy atom. The molecule has 20 heavy (non-hydrogen) atoms. The highest BCUT2D eigenvalue weighted by Crippen LogP contribution is 2.23. The summed E-state index contributed by atoms with van der Waals surface area (Å²) in [7, 11) is -4.01. The van der Waals surface area contributed by atoms with Gasteiger partial charge in [0.25, 0.3) is 0 Å². The zero-order valence-electron chi connectivity index (χ0n) is 10.1. The minimum atomic E-state index is -4.01. The number of sulfone groups is 1. The smallest absolute Gasteiger partial charge is 0.185 e. The van der Waals surface area contributed by atoms with E-state index in [0.717, 1.165) is 18.2 Å². The van der Waals surface area contributed by atoms with Gasteiger partial charge in [0.1, 0.15) is 16.5 Å². The van der Waals surface area contributed by atoms with Crippen molar-refractivity contribution in [2.75, 3.05) is 5.73 Å². The lowest BCUT2D eigenvalue weighted by Crippen LogP contribution is -2.09. The second kappa shape index (κ2) is 5.38. The van der Waals surface area contributed by atoms with E-state index in [4.69, 9.17) is 17.3 Å². The summed E-state index contributed by atoms with van der Waals surface area (Å²) in [4.78, 5) is -0.513. The fourth-order valence-electron chi connectivity index (χ4n) is 1.69. The molecule has 0 aliphatic heterocycles. The van der Waals surface area contributed by atoms with Gasteiger partial charge in [-0.3, -0.25) is 0 Å². The summed E-state index contributed by atoms with van der Waals surface area (Å²) in [6.45, 7) is 0. The molecule has 0 amide bonds. The van der Waals surface area contributed by atoms with E-state index in [1.807, 2.05) is 0 Å². The van der Waals surface area contributed by atoms with Crippen LogP contribution in [0.4, 0.5) is 14.5 Å². The highest BCUT2D eigenvalue weighted by Gasteiger charge is 2.21. The number of nitrogen functional groups attached to an aromatic ring is 1. The Labute approximate surface area is 119 Å². The molecule has 0 atom stereocenters. The number of hydrogen-bond donors (Lipinski definition) is 1. The molecule has 3 nitrogen and oxygen atoms in total. The number of nitrogens with two attached hydrogens (primary N) is 1. The molecule has 2 N–H and O–H groups in total. The molecule has 0 heterocycles. The number of anilines is 1. The van der Waals surface area contributed by atoms with Crippen molar-refractivity contribution in [2.24, 2.45) is 0 Å². The van der Waals surface area contributed by atoms with Gasteiger partial charge in [0.15, 0.2) is 9.84 Å². The van der Waals surface area contributed by atoms with Crippen molar-refractivity contribution in [1.82, 2.24) is 0 Å². The summed E-state index contributed by atoms with van der Waals surface area (Å²) in [5.74, 6) is -2.37. The molecule has 106 valence electrons. The van der Waals surface area contributed by atoms with Crippen molar-refractivity contribution in [1.29, 1.82) is 0 Å². The fourth-order valence-corrected chi connectivity index (χ4v) is 3.28. The predicted molar refractivity (Wildman–Crippen MR) is 73.1 cm³/mol. The Morgan fingerprint density at radius 2 is 1.75 bits per heavy atom. The standard InChI is InChI=1S/C13H10ClF2NO2S/c14-9-2-1-8(11(15)5-9)7-20(18,19)13-4-3-10(17)6-12(13)16/h1-6H,7,17H2.